The van der Waals surface area contributed by atoms with Crippen molar-refractivity contribution in [3.63, 3.8) is 0 Å². The third-order valence-corrected chi connectivity index (χ3v) is 3.83. The van der Waals surface area contributed by atoms with Gasteiger partial charge in [0.15, 0.2) is 0 Å². The summed E-state index contributed by atoms with van der Waals surface area (Å²) in [6.45, 7) is 4.02. The van der Waals surface area contributed by atoms with Gasteiger partial charge in [0.25, 0.3) is 0 Å². The Balaban J connectivity index is 2.21. The van der Waals surface area contributed by atoms with E-state index in [1.165, 1.54) is 0 Å². The van der Waals surface area contributed by atoms with Crippen molar-refractivity contribution in [2.45, 2.75) is 19.9 Å². The molecule has 0 amide bonds. The van der Waals surface area contributed by atoms with Crippen molar-refractivity contribution < 1.29 is 4.42 Å². The minimum atomic E-state index is 0.124. The molecule has 17 heavy (non-hydrogen) atoms. The van der Waals surface area contributed by atoms with Crippen molar-refractivity contribution in [2.24, 2.45) is 0 Å². The molecular formula is C13H13Br2NO. The Bertz CT molecular complexity index is 502. The van der Waals surface area contributed by atoms with Crippen molar-refractivity contribution >= 4 is 37.5 Å². The Morgan fingerprint density at radius 2 is 1.76 bits per heavy atom. The average molecular weight is 359 g/mol. The quantitative estimate of drug-likeness (QED) is 0.806. The third-order valence-electron chi connectivity index (χ3n) is 2.51. The summed E-state index contributed by atoms with van der Waals surface area (Å²) < 4.78 is 7.66. The van der Waals surface area contributed by atoms with E-state index >= 15 is 0 Å². The molecule has 0 bridgehead atoms. The Hall–Kier alpha value is -0.740. The van der Waals surface area contributed by atoms with E-state index in [9.17, 15) is 0 Å². The minimum Gasteiger partial charge on any atom is -0.464 e. The molecule has 0 aliphatic heterocycles. The molecule has 0 fully saturated rings. The summed E-state index contributed by atoms with van der Waals surface area (Å²) in [6, 6.07) is 10.1. The number of benzene rings is 1. The highest BCUT2D eigenvalue weighted by molar-refractivity contribution is 9.11. The van der Waals surface area contributed by atoms with E-state index in [0.717, 1.165) is 26.2 Å². The number of hydrogen-bond donors (Lipinski definition) is 1. The van der Waals surface area contributed by atoms with E-state index in [2.05, 4.69) is 44.1 Å². The molecule has 0 aliphatic carbocycles. The zero-order valence-corrected chi connectivity index (χ0v) is 12.8. The van der Waals surface area contributed by atoms with Crippen LogP contribution in [0.4, 0.5) is 5.69 Å². The topological polar surface area (TPSA) is 25.2 Å². The fraction of sp³-hybridized carbons (Fsp3) is 0.231. The van der Waals surface area contributed by atoms with Crippen LogP contribution in [0.25, 0.3) is 0 Å². The first-order valence-electron chi connectivity index (χ1n) is 5.35. The number of anilines is 1. The molecule has 2 rings (SSSR count). The molecule has 0 saturated heterocycles. The number of halogens is 2. The van der Waals surface area contributed by atoms with Crippen LogP contribution in [0.3, 0.4) is 0 Å². The highest BCUT2D eigenvalue weighted by Crippen LogP contribution is 2.33. The van der Waals surface area contributed by atoms with Crippen molar-refractivity contribution in [3.8, 4) is 0 Å². The van der Waals surface area contributed by atoms with Crippen LogP contribution in [0.2, 0.25) is 0 Å². The predicted octanol–water partition coefficient (Wildman–Crippen LogP) is 5.29. The van der Waals surface area contributed by atoms with Crippen molar-refractivity contribution in [3.05, 3.63) is 50.8 Å². The van der Waals surface area contributed by atoms with Gasteiger partial charge >= 0.3 is 0 Å². The van der Waals surface area contributed by atoms with Crippen molar-refractivity contribution in [2.75, 3.05) is 5.32 Å². The number of rotatable bonds is 3. The van der Waals surface area contributed by atoms with Crippen LogP contribution >= 0.6 is 31.9 Å². The molecule has 1 unspecified atom stereocenters. The zero-order valence-electron chi connectivity index (χ0n) is 9.63. The van der Waals surface area contributed by atoms with Gasteiger partial charge in [-0.3, -0.25) is 0 Å². The summed E-state index contributed by atoms with van der Waals surface area (Å²) in [5.74, 6) is 1.87. The van der Waals surface area contributed by atoms with Crippen LogP contribution in [0.15, 0.2) is 43.7 Å². The van der Waals surface area contributed by atoms with E-state index in [1.54, 1.807) is 0 Å². The van der Waals surface area contributed by atoms with Crippen LogP contribution in [-0.2, 0) is 0 Å². The molecule has 1 heterocycles. The lowest BCUT2D eigenvalue weighted by Gasteiger charge is -2.15. The van der Waals surface area contributed by atoms with Gasteiger partial charge in [-0.15, -0.1) is 0 Å². The molecule has 2 nitrogen and oxygen atoms in total. The average Bonchev–Trinajstić information content (AvgIpc) is 2.70. The van der Waals surface area contributed by atoms with Gasteiger partial charge in [-0.05, 0) is 70.0 Å². The Morgan fingerprint density at radius 1 is 1.12 bits per heavy atom. The molecule has 0 aliphatic rings. The number of nitrogens with one attached hydrogen (secondary N) is 1. The van der Waals surface area contributed by atoms with E-state index in [4.69, 9.17) is 4.42 Å². The Morgan fingerprint density at radius 3 is 2.29 bits per heavy atom. The van der Waals surface area contributed by atoms with Gasteiger partial charge in [-0.25, -0.2) is 0 Å². The second-order valence-corrected chi connectivity index (χ2v) is 5.62. The van der Waals surface area contributed by atoms with Gasteiger partial charge in [-0.1, -0.05) is 6.07 Å². The van der Waals surface area contributed by atoms with Gasteiger partial charge < -0.3 is 9.73 Å². The van der Waals surface area contributed by atoms with Crippen LogP contribution in [-0.4, -0.2) is 0 Å². The maximum absolute atomic E-state index is 5.60. The summed E-state index contributed by atoms with van der Waals surface area (Å²) in [4.78, 5) is 0. The first kappa shape index (κ1) is 12.7. The first-order valence-corrected chi connectivity index (χ1v) is 6.93. The van der Waals surface area contributed by atoms with E-state index < -0.39 is 0 Å². The molecule has 90 valence electrons. The summed E-state index contributed by atoms with van der Waals surface area (Å²) in [6.07, 6.45) is 0. The summed E-state index contributed by atoms with van der Waals surface area (Å²) in [5.41, 5.74) is 1.04. The van der Waals surface area contributed by atoms with Crippen LogP contribution in [0.1, 0.15) is 24.5 Å². The molecule has 1 N–H and O–H groups in total. The zero-order chi connectivity index (χ0) is 12.4. The summed E-state index contributed by atoms with van der Waals surface area (Å²) in [5, 5.41) is 3.42. The number of furan rings is 1. The van der Waals surface area contributed by atoms with Crippen molar-refractivity contribution in [1.82, 2.24) is 0 Å². The van der Waals surface area contributed by atoms with Crippen LogP contribution in [0, 0.1) is 6.92 Å². The van der Waals surface area contributed by atoms with Crippen LogP contribution < -0.4 is 5.32 Å². The highest BCUT2D eigenvalue weighted by Gasteiger charge is 2.12. The van der Waals surface area contributed by atoms with Gasteiger partial charge in [0.1, 0.15) is 11.5 Å². The van der Waals surface area contributed by atoms with E-state index in [-0.39, 0.29) is 6.04 Å². The summed E-state index contributed by atoms with van der Waals surface area (Å²) >= 11 is 7.06. The van der Waals surface area contributed by atoms with Gasteiger partial charge in [-0.2, -0.15) is 0 Å². The van der Waals surface area contributed by atoms with Gasteiger partial charge in [0.05, 0.1) is 11.7 Å². The third kappa shape index (κ3) is 2.93. The summed E-state index contributed by atoms with van der Waals surface area (Å²) in [7, 11) is 0. The molecule has 1 atom stereocenters. The molecule has 1 aromatic carbocycles. The number of hydrogen-bond acceptors (Lipinski definition) is 2. The second-order valence-electron chi connectivity index (χ2n) is 3.91. The Labute approximate surface area is 118 Å². The van der Waals surface area contributed by atoms with Gasteiger partial charge in [0.2, 0.25) is 0 Å². The van der Waals surface area contributed by atoms with E-state index in [1.807, 2.05) is 37.3 Å². The smallest absolute Gasteiger partial charge is 0.126 e. The number of para-hydroxylation sites is 1. The molecule has 4 heteroatoms. The lowest BCUT2D eigenvalue weighted by molar-refractivity contribution is 0.467. The Kier molecular flexibility index (Phi) is 3.94. The SMILES string of the molecule is Cc1ccc(C(C)Nc2c(Br)cccc2Br)o1. The normalized spacial score (nSPS) is 12.5. The van der Waals surface area contributed by atoms with Gasteiger partial charge in [0, 0.05) is 8.95 Å². The van der Waals surface area contributed by atoms with Crippen LogP contribution in [0.5, 0.6) is 0 Å². The first-order chi connectivity index (χ1) is 8.08. The fourth-order valence-corrected chi connectivity index (χ4v) is 2.84. The lowest BCUT2D eigenvalue weighted by Crippen LogP contribution is -2.06. The maximum atomic E-state index is 5.60. The second kappa shape index (κ2) is 5.27. The van der Waals surface area contributed by atoms with E-state index in [0.29, 0.717) is 0 Å². The molecule has 0 spiro atoms. The molecule has 0 saturated carbocycles. The highest BCUT2D eigenvalue weighted by atomic mass is 79.9. The minimum absolute atomic E-state index is 0.124. The maximum Gasteiger partial charge on any atom is 0.126 e. The largest absolute Gasteiger partial charge is 0.464 e. The van der Waals surface area contributed by atoms with Crippen molar-refractivity contribution in [1.29, 1.82) is 0 Å². The molecule has 0 radical (unpaired) electrons. The monoisotopic (exact) mass is 357 g/mol. The lowest BCUT2D eigenvalue weighted by atomic mass is 10.2. The molecule has 1 aromatic heterocycles. The molecule has 2 aromatic rings. The fourth-order valence-electron chi connectivity index (χ4n) is 1.61. The molecular weight excluding hydrogens is 346 g/mol. The predicted molar refractivity (Wildman–Crippen MR) is 77.3 cm³/mol. The number of aryl methyl sites for hydroxylation is 1. The standard InChI is InChI=1S/C13H13Br2NO/c1-8-6-7-12(17-8)9(2)16-13-10(14)4-3-5-11(13)15/h3-7,9,16H,1-2H3.